The Labute approximate surface area is 181 Å². The third-order valence-electron chi connectivity index (χ3n) is 5.13. The molecule has 0 aromatic carbocycles. The first-order chi connectivity index (χ1) is 14.8. The summed E-state index contributed by atoms with van der Waals surface area (Å²) < 4.78 is 15.9. The second-order valence-corrected chi connectivity index (χ2v) is 7.43. The molecule has 0 spiro atoms. The number of rotatable bonds is 8. The van der Waals surface area contributed by atoms with Crippen molar-refractivity contribution < 1.29 is 44.5 Å². The molecule has 0 amide bonds. The average molecular weight is 444 g/mol. The zero-order chi connectivity index (χ0) is 23.0. The molecule has 0 radical (unpaired) electrons. The first-order valence-electron chi connectivity index (χ1n) is 10.0. The Balaban J connectivity index is 2.41. The van der Waals surface area contributed by atoms with Crippen LogP contribution in [-0.4, -0.2) is 126 Å². The van der Waals surface area contributed by atoms with Crippen molar-refractivity contribution in [3.05, 3.63) is 35.0 Å². The minimum absolute atomic E-state index is 0.186. The smallest absolute Gasteiger partial charge is 0.331 e. The van der Waals surface area contributed by atoms with Gasteiger partial charge in [0.2, 0.25) is 5.76 Å². The number of esters is 1. The van der Waals surface area contributed by atoms with E-state index in [0.717, 1.165) is 38.3 Å². The molecule has 2 rings (SSSR count). The predicted molar refractivity (Wildman–Crippen MR) is 109 cm³/mol. The van der Waals surface area contributed by atoms with Gasteiger partial charge >= 0.3 is 5.97 Å². The molecule has 0 saturated carbocycles. The standard InChI is InChI=1S/C20H32N2O9/c1-21-3-5-22(6-4-21)9-13-7-18(27)31-17(12-25)16(30-14(10-23)11-24)8-15(26)20(29-2)19(13)28/h7-8,14,16-17,23-26,28H,3-6,9-12H2,1-2H3/b13-7+,15-8-,20-19-. The van der Waals surface area contributed by atoms with Crippen LogP contribution in [0.2, 0.25) is 0 Å². The molecule has 0 aliphatic carbocycles. The highest BCUT2D eigenvalue weighted by Crippen LogP contribution is 2.24. The maximum Gasteiger partial charge on any atom is 0.331 e. The van der Waals surface area contributed by atoms with Gasteiger partial charge in [-0.1, -0.05) is 0 Å². The van der Waals surface area contributed by atoms with Gasteiger partial charge in [-0.25, -0.2) is 4.79 Å². The number of piperazine rings is 1. The van der Waals surface area contributed by atoms with Gasteiger partial charge in [-0.05, 0) is 13.1 Å². The Morgan fingerprint density at radius 2 is 1.81 bits per heavy atom. The number of ether oxygens (including phenoxy) is 3. The van der Waals surface area contributed by atoms with Crippen LogP contribution in [0, 0.1) is 0 Å². The summed E-state index contributed by atoms with van der Waals surface area (Å²) in [6.07, 6.45) is -1.35. The topological polar surface area (TPSA) is 152 Å². The van der Waals surface area contributed by atoms with Crippen LogP contribution in [0.1, 0.15) is 0 Å². The van der Waals surface area contributed by atoms with Gasteiger partial charge in [-0.15, -0.1) is 0 Å². The van der Waals surface area contributed by atoms with Gasteiger partial charge in [-0.2, -0.15) is 0 Å². The van der Waals surface area contributed by atoms with Crippen LogP contribution in [0.4, 0.5) is 0 Å². The van der Waals surface area contributed by atoms with Gasteiger partial charge < -0.3 is 44.6 Å². The first kappa shape index (κ1) is 25.1. The fourth-order valence-electron chi connectivity index (χ4n) is 3.27. The van der Waals surface area contributed by atoms with Gasteiger partial charge in [0.1, 0.15) is 12.2 Å². The van der Waals surface area contributed by atoms with Crippen LogP contribution >= 0.6 is 0 Å². The molecule has 0 bridgehead atoms. The molecule has 1 fully saturated rings. The molecule has 31 heavy (non-hydrogen) atoms. The fraction of sp³-hybridized carbons (Fsp3) is 0.650. The number of hydrogen-bond acceptors (Lipinski definition) is 11. The molecule has 2 unspecified atom stereocenters. The molecule has 11 heteroatoms. The lowest BCUT2D eigenvalue weighted by Crippen LogP contribution is -2.45. The van der Waals surface area contributed by atoms with Gasteiger partial charge in [-0.3, -0.25) is 4.90 Å². The largest absolute Gasteiger partial charge is 0.504 e. The van der Waals surface area contributed by atoms with Crippen LogP contribution < -0.4 is 0 Å². The summed E-state index contributed by atoms with van der Waals surface area (Å²) >= 11 is 0. The first-order valence-corrected chi connectivity index (χ1v) is 10.0. The van der Waals surface area contributed by atoms with Crippen LogP contribution in [-0.2, 0) is 19.0 Å². The summed E-state index contributed by atoms with van der Waals surface area (Å²) in [5.74, 6) is -2.07. The van der Waals surface area contributed by atoms with Crippen molar-refractivity contribution in [2.45, 2.75) is 18.3 Å². The number of likely N-dealkylation sites (N-methyl/N-ethyl adjacent to an activating group) is 1. The van der Waals surface area contributed by atoms with Crippen molar-refractivity contribution in [3.8, 4) is 0 Å². The van der Waals surface area contributed by atoms with Crippen LogP contribution in [0.3, 0.4) is 0 Å². The number of methoxy groups -OCH3 is 1. The highest BCUT2D eigenvalue weighted by molar-refractivity contribution is 5.84. The number of hydrogen-bond donors (Lipinski definition) is 5. The minimum Gasteiger partial charge on any atom is -0.504 e. The Bertz CT molecular complexity index is 695. The lowest BCUT2D eigenvalue weighted by atomic mass is 10.1. The van der Waals surface area contributed by atoms with Crippen molar-refractivity contribution in [3.63, 3.8) is 0 Å². The van der Waals surface area contributed by atoms with Crippen molar-refractivity contribution >= 4 is 5.97 Å². The zero-order valence-corrected chi connectivity index (χ0v) is 17.8. The molecule has 0 aromatic rings. The van der Waals surface area contributed by atoms with E-state index in [1.165, 1.54) is 7.11 Å². The quantitative estimate of drug-likeness (QED) is 0.283. The normalized spacial score (nSPS) is 30.3. The van der Waals surface area contributed by atoms with E-state index in [1.54, 1.807) is 0 Å². The maximum absolute atomic E-state index is 12.5. The van der Waals surface area contributed by atoms with Gasteiger partial charge in [0, 0.05) is 44.4 Å². The number of cyclic esters (lactones) is 1. The molecule has 5 N–H and O–H groups in total. The number of carbonyl (C=O) groups excluding carboxylic acids is 1. The molecule has 2 atom stereocenters. The summed E-state index contributed by atoms with van der Waals surface area (Å²) in [4.78, 5) is 16.7. The summed E-state index contributed by atoms with van der Waals surface area (Å²) in [7, 11) is 3.25. The van der Waals surface area contributed by atoms with E-state index in [9.17, 15) is 30.3 Å². The van der Waals surface area contributed by atoms with E-state index < -0.39 is 55.6 Å². The maximum atomic E-state index is 12.5. The van der Waals surface area contributed by atoms with Gasteiger partial charge in [0.05, 0.1) is 26.9 Å². The zero-order valence-electron chi connectivity index (χ0n) is 17.8. The minimum atomic E-state index is -1.24. The number of aliphatic hydroxyl groups excluding tert-OH is 5. The molecule has 2 aliphatic rings. The molecule has 176 valence electrons. The monoisotopic (exact) mass is 444 g/mol. The summed E-state index contributed by atoms with van der Waals surface area (Å²) in [6.45, 7) is 1.58. The molecular formula is C20H32N2O9. The van der Waals surface area contributed by atoms with Crippen molar-refractivity contribution in [2.24, 2.45) is 0 Å². The van der Waals surface area contributed by atoms with Crippen molar-refractivity contribution in [1.29, 1.82) is 0 Å². The Morgan fingerprint density at radius 1 is 1.16 bits per heavy atom. The van der Waals surface area contributed by atoms with Crippen LogP contribution in [0.15, 0.2) is 35.0 Å². The van der Waals surface area contributed by atoms with E-state index in [4.69, 9.17) is 14.2 Å². The highest BCUT2D eigenvalue weighted by Gasteiger charge is 2.30. The fourth-order valence-corrected chi connectivity index (χ4v) is 3.27. The van der Waals surface area contributed by atoms with Gasteiger partial charge in [0.25, 0.3) is 0 Å². The summed E-state index contributed by atoms with van der Waals surface area (Å²) in [5.41, 5.74) is 0.186. The Hall–Kier alpha value is -2.15. The van der Waals surface area contributed by atoms with E-state index in [-0.39, 0.29) is 17.9 Å². The molecule has 0 aromatic heterocycles. The predicted octanol–water partition coefficient (Wildman–Crippen LogP) is -1.33. The molecule has 2 aliphatic heterocycles. The second-order valence-electron chi connectivity index (χ2n) is 7.43. The molecule has 1 saturated heterocycles. The SMILES string of the molecule is COC1=C(O)/C(CN2CCN(C)CC2)=C/C(=O)OC(CO)C(OC(CO)CO)\C=C\1O. The lowest BCUT2D eigenvalue weighted by molar-refractivity contribution is -0.158. The Kier molecular flexibility index (Phi) is 9.75. The molecule has 2 heterocycles. The van der Waals surface area contributed by atoms with E-state index >= 15 is 0 Å². The molecular weight excluding hydrogens is 412 g/mol. The number of aliphatic hydroxyl groups is 5. The van der Waals surface area contributed by atoms with E-state index in [2.05, 4.69) is 4.90 Å². The summed E-state index contributed by atoms with van der Waals surface area (Å²) in [6, 6.07) is 0. The highest BCUT2D eigenvalue weighted by atomic mass is 16.6. The van der Waals surface area contributed by atoms with Crippen molar-refractivity contribution in [1.82, 2.24) is 9.80 Å². The number of nitrogens with zero attached hydrogens (tertiary/aromatic N) is 2. The second kappa shape index (κ2) is 12.0. The van der Waals surface area contributed by atoms with E-state index in [1.807, 2.05) is 11.9 Å². The van der Waals surface area contributed by atoms with Gasteiger partial charge in [0.15, 0.2) is 17.6 Å². The average Bonchev–Trinajstić information content (AvgIpc) is 2.75. The molecule has 11 nitrogen and oxygen atoms in total. The van der Waals surface area contributed by atoms with Crippen LogP contribution in [0.25, 0.3) is 0 Å². The van der Waals surface area contributed by atoms with E-state index in [0.29, 0.717) is 0 Å². The third kappa shape index (κ3) is 6.92. The third-order valence-corrected chi connectivity index (χ3v) is 5.13. The lowest BCUT2D eigenvalue weighted by Gasteiger charge is -2.33. The summed E-state index contributed by atoms with van der Waals surface area (Å²) in [5, 5.41) is 49.6. The van der Waals surface area contributed by atoms with Crippen LogP contribution in [0.5, 0.6) is 0 Å². The number of carbonyl (C=O) groups is 1. The van der Waals surface area contributed by atoms with Crippen molar-refractivity contribution in [2.75, 3.05) is 66.7 Å². The Morgan fingerprint density at radius 3 is 2.35 bits per heavy atom.